The molecule has 0 spiro atoms. The van der Waals surface area contributed by atoms with Gasteiger partial charge in [0.2, 0.25) is 0 Å². The summed E-state index contributed by atoms with van der Waals surface area (Å²) in [4.78, 5) is 0. The second-order valence-corrected chi connectivity index (χ2v) is 5.56. The first-order chi connectivity index (χ1) is 11.0. The molecule has 124 valence electrons. The van der Waals surface area contributed by atoms with Gasteiger partial charge in [-0.15, -0.1) is 0 Å². The van der Waals surface area contributed by atoms with Gasteiger partial charge in [-0.25, -0.2) is 13.2 Å². The minimum absolute atomic E-state index is 0.0241. The van der Waals surface area contributed by atoms with Crippen LogP contribution in [0.1, 0.15) is 37.8 Å². The molecule has 0 bridgehead atoms. The average molecular weight is 322 g/mol. The SMILES string of the molecule is CCCc1cc(F)c(OC)c(-c2ccc(CCC)c(F)c2F)c1. The van der Waals surface area contributed by atoms with E-state index in [1.54, 1.807) is 12.1 Å². The molecule has 0 aliphatic heterocycles. The summed E-state index contributed by atoms with van der Waals surface area (Å²) in [6, 6.07) is 6.10. The topological polar surface area (TPSA) is 9.23 Å². The van der Waals surface area contributed by atoms with Crippen molar-refractivity contribution in [2.24, 2.45) is 0 Å². The van der Waals surface area contributed by atoms with Crippen LogP contribution in [0.5, 0.6) is 5.75 Å². The maximum atomic E-state index is 14.5. The van der Waals surface area contributed by atoms with Gasteiger partial charge < -0.3 is 4.74 Å². The molecular weight excluding hydrogens is 301 g/mol. The maximum Gasteiger partial charge on any atom is 0.167 e. The molecule has 1 nitrogen and oxygen atoms in total. The van der Waals surface area contributed by atoms with Gasteiger partial charge in [-0.2, -0.15) is 0 Å². The predicted molar refractivity (Wildman–Crippen MR) is 86.3 cm³/mol. The summed E-state index contributed by atoms with van der Waals surface area (Å²) in [6.07, 6.45) is 2.67. The standard InChI is InChI=1S/C19H21F3O/c1-4-6-12-10-15(19(23-3)16(20)11-12)14-9-8-13(7-5-2)17(21)18(14)22/h8-11H,4-7H2,1-3H3. The highest BCUT2D eigenvalue weighted by Gasteiger charge is 2.20. The van der Waals surface area contributed by atoms with Crippen molar-refractivity contribution in [2.75, 3.05) is 7.11 Å². The molecular formula is C19H21F3O. The molecule has 0 heterocycles. The van der Waals surface area contributed by atoms with Crippen molar-refractivity contribution in [3.8, 4) is 16.9 Å². The minimum atomic E-state index is -0.956. The normalized spacial score (nSPS) is 10.9. The van der Waals surface area contributed by atoms with E-state index < -0.39 is 17.5 Å². The Morgan fingerprint density at radius 1 is 0.870 bits per heavy atom. The Morgan fingerprint density at radius 3 is 2.17 bits per heavy atom. The largest absolute Gasteiger partial charge is 0.493 e. The van der Waals surface area contributed by atoms with Crippen LogP contribution in [0.25, 0.3) is 11.1 Å². The molecule has 2 aromatic carbocycles. The number of halogens is 3. The average Bonchev–Trinajstić information content (AvgIpc) is 2.52. The molecule has 0 radical (unpaired) electrons. The maximum absolute atomic E-state index is 14.5. The summed E-state index contributed by atoms with van der Waals surface area (Å²) in [7, 11) is 1.32. The van der Waals surface area contributed by atoms with E-state index in [1.807, 2.05) is 13.8 Å². The van der Waals surface area contributed by atoms with Crippen molar-refractivity contribution < 1.29 is 17.9 Å². The zero-order valence-corrected chi connectivity index (χ0v) is 13.7. The molecule has 0 saturated carbocycles. The fourth-order valence-electron chi connectivity index (χ4n) is 2.75. The Kier molecular flexibility index (Phi) is 5.69. The fourth-order valence-corrected chi connectivity index (χ4v) is 2.75. The van der Waals surface area contributed by atoms with Gasteiger partial charge in [-0.1, -0.05) is 38.8 Å². The van der Waals surface area contributed by atoms with Gasteiger partial charge in [-0.05, 0) is 36.1 Å². The summed E-state index contributed by atoms with van der Waals surface area (Å²) in [5.41, 5.74) is 1.34. The van der Waals surface area contributed by atoms with Gasteiger partial charge in [0.15, 0.2) is 23.2 Å². The van der Waals surface area contributed by atoms with Crippen LogP contribution in [0.2, 0.25) is 0 Å². The number of hydrogen-bond acceptors (Lipinski definition) is 1. The van der Waals surface area contributed by atoms with Gasteiger partial charge in [0.25, 0.3) is 0 Å². The van der Waals surface area contributed by atoms with E-state index in [0.717, 1.165) is 18.4 Å². The van der Waals surface area contributed by atoms with Crippen molar-refractivity contribution >= 4 is 0 Å². The van der Waals surface area contributed by atoms with Gasteiger partial charge in [0.1, 0.15) is 0 Å². The van der Waals surface area contributed by atoms with Crippen molar-refractivity contribution in [2.45, 2.75) is 39.5 Å². The van der Waals surface area contributed by atoms with Gasteiger partial charge in [0.05, 0.1) is 7.11 Å². The van der Waals surface area contributed by atoms with Crippen LogP contribution >= 0.6 is 0 Å². The number of ether oxygens (including phenoxy) is 1. The summed E-state index contributed by atoms with van der Waals surface area (Å²) in [6.45, 7) is 3.87. The lowest BCUT2D eigenvalue weighted by molar-refractivity contribution is 0.387. The van der Waals surface area contributed by atoms with Crippen molar-refractivity contribution in [3.05, 3.63) is 52.8 Å². The Labute approximate surface area is 135 Å². The van der Waals surface area contributed by atoms with Gasteiger partial charge in [0, 0.05) is 11.1 Å². The lowest BCUT2D eigenvalue weighted by Crippen LogP contribution is -2.00. The van der Waals surface area contributed by atoms with Crippen molar-refractivity contribution in [1.82, 2.24) is 0 Å². The van der Waals surface area contributed by atoms with Crippen LogP contribution in [0.15, 0.2) is 24.3 Å². The van der Waals surface area contributed by atoms with E-state index in [0.29, 0.717) is 18.4 Å². The van der Waals surface area contributed by atoms with E-state index in [9.17, 15) is 13.2 Å². The van der Waals surface area contributed by atoms with Crippen molar-refractivity contribution in [1.29, 1.82) is 0 Å². The van der Waals surface area contributed by atoms with E-state index in [4.69, 9.17) is 4.74 Å². The number of benzene rings is 2. The summed E-state index contributed by atoms with van der Waals surface area (Å²) in [5, 5.41) is 0. The van der Waals surface area contributed by atoms with Crippen LogP contribution in [0, 0.1) is 17.5 Å². The van der Waals surface area contributed by atoms with Crippen LogP contribution < -0.4 is 4.74 Å². The van der Waals surface area contributed by atoms with E-state index in [2.05, 4.69) is 0 Å². The molecule has 0 aliphatic rings. The van der Waals surface area contributed by atoms with Crippen LogP contribution in [0.4, 0.5) is 13.2 Å². The molecule has 0 atom stereocenters. The summed E-state index contributed by atoms with van der Waals surface area (Å²) >= 11 is 0. The first-order valence-electron chi connectivity index (χ1n) is 7.87. The molecule has 0 unspecified atom stereocenters. The highest BCUT2D eigenvalue weighted by molar-refractivity contribution is 5.72. The molecule has 0 saturated heterocycles. The highest BCUT2D eigenvalue weighted by Crippen LogP contribution is 2.36. The first kappa shape index (κ1) is 17.4. The molecule has 23 heavy (non-hydrogen) atoms. The van der Waals surface area contributed by atoms with Crippen LogP contribution in [-0.2, 0) is 12.8 Å². The molecule has 0 amide bonds. The zero-order chi connectivity index (χ0) is 17.0. The Bertz CT molecular complexity index is 695. The lowest BCUT2D eigenvalue weighted by atomic mass is 9.97. The van der Waals surface area contributed by atoms with E-state index in [1.165, 1.54) is 19.2 Å². The Balaban J connectivity index is 2.63. The molecule has 0 aliphatic carbocycles. The molecule has 0 N–H and O–H groups in total. The predicted octanol–water partition coefficient (Wildman–Crippen LogP) is 5.68. The van der Waals surface area contributed by atoms with Gasteiger partial charge in [-0.3, -0.25) is 0 Å². The van der Waals surface area contributed by atoms with Crippen molar-refractivity contribution in [3.63, 3.8) is 0 Å². The fraction of sp³-hybridized carbons (Fsp3) is 0.368. The number of methoxy groups -OCH3 is 1. The van der Waals surface area contributed by atoms with Crippen LogP contribution in [0.3, 0.4) is 0 Å². The second-order valence-electron chi connectivity index (χ2n) is 5.56. The molecule has 0 aromatic heterocycles. The number of rotatable bonds is 6. The van der Waals surface area contributed by atoms with E-state index in [-0.39, 0.29) is 16.9 Å². The molecule has 0 fully saturated rings. The second kappa shape index (κ2) is 7.53. The molecule has 4 heteroatoms. The third-order valence-corrected chi connectivity index (χ3v) is 3.82. The molecule has 2 aromatic rings. The quantitative estimate of drug-likeness (QED) is 0.664. The Morgan fingerprint density at radius 2 is 1.57 bits per heavy atom. The van der Waals surface area contributed by atoms with E-state index >= 15 is 0 Å². The minimum Gasteiger partial charge on any atom is -0.493 e. The number of aryl methyl sites for hydroxylation is 2. The Hall–Kier alpha value is -1.97. The van der Waals surface area contributed by atoms with Gasteiger partial charge >= 0.3 is 0 Å². The third-order valence-electron chi connectivity index (χ3n) is 3.82. The number of hydrogen-bond donors (Lipinski definition) is 0. The highest BCUT2D eigenvalue weighted by atomic mass is 19.2. The summed E-state index contributed by atoms with van der Waals surface area (Å²) < 4.78 is 48.0. The third kappa shape index (κ3) is 3.52. The smallest absolute Gasteiger partial charge is 0.167 e. The molecule has 2 rings (SSSR count). The zero-order valence-electron chi connectivity index (χ0n) is 13.7. The van der Waals surface area contributed by atoms with Crippen LogP contribution in [-0.4, -0.2) is 7.11 Å². The summed E-state index contributed by atoms with van der Waals surface area (Å²) in [5.74, 6) is -2.45. The lowest BCUT2D eigenvalue weighted by Gasteiger charge is -2.14. The monoisotopic (exact) mass is 322 g/mol. The first-order valence-corrected chi connectivity index (χ1v) is 7.87.